The maximum absolute atomic E-state index is 12.1. The second-order valence-corrected chi connectivity index (χ2v) is 4.99. The molecule has 0 aliphatic heterocycles. The van der Waals surface area contributed by atoms with Crippen molar-refractivity contribution in [1.29, 1.82) is 0 Å². The van der Waals surface area contributed by atoms with E-state index in [9.17, 15) is 4.79 Å². The summed E-state index contributed by atoms with van der Waals surface area (Å²) >= 11 is 0. The molecule has 1 amide bonds. The lowest BCUT2D eigenvalue weighted by Crippen LogP contribution is -2.16. The van der Waals surface area contributed by atoms with Crippen LogP contribution in [0.4, 0.5) is 11.4 Å². The number of carbonyl (C=O) groups excluding carboxylic acids is 1. The van der Waals surface area contributed by atoms with Crippen LogP contribution in [-0.2, 0) is 4.79 Å². The SMILES string of the molecule is COc1ccc(NCCC(=O)Nc2ccccc2OC)c(OC)c1. The smallest absolute Gasteiger partial charge is 0.226 e. The zero-order valence-corrected chi connectivity index (χ0v) is 14.1. The molecule has 0 saturated heterocycles. The highest BCUT2D eigenvalue weighted by Crippen LogP contribution is 2.29. The first-order valence-electron chi connectivity index (χ1n) is 7.56. The van der Waals surface area contributed by atoms with E-state index in [1.165, 1.54) is 0 Å². The van der Waals surface area contributed by atoms with E-state index in [-0.39, 0.29) is 5.91 Å². The summed E-state index contributed by atoms with van der Waals surface area (Å²) < 4.78 is 15.7. The number of carbonyl (C=O) groups is 1. The molecule has 0 aromatic heterocycles. The zero-order chi connectivity index (χ0) is 17.4. The number of methoxy groups -OCH3 is 3. The number of nitrogens with one attached hydrogen (secondary N) is 2. The molecule has 0 fully saturated rings. The average molecular weight is 330 g/mol. The van der Waals surface area contributed by atoms with Gasteiger partial charge in [0, 0.05) is 19.0 Å². The van der Waals surface area contributed by atoms with Crippen molar-refractivity contribution < 1.29 is 19.0 Å². The molecule has 0 aliphatic carbocycles. The Morgan fingerprint density at radius 2 is 1.67 bits per heavy atom. The van der Waals surface area contributed by atoms with Gasteiger partial charge >= 0.3 is 0 Å². The Morgan fingerprint density at radius 1 is 0.917 bits per heavy atom. The number of hydrogen-bond donors (Lipinski definition) is 2. The van der Waals surface area contributed by atoms with Crippen molar-refractivity contribution in [3.8, 4) is 17.2 Å². The Bertz CT molecular complexity index is 688. The van der Waals surface area contributed by atoms with Gasteiger partial charge in [-0.05, 0) is 24.3 Å². The lowest BCUT2D eigenvalue weighted by molar-refractivity contribution is -0.116. The third kappa shape index (κ3) is 4.55. The number of amides is 1. The lowest BCUT2D eigenvalue weighted by atomic mass is 10.2. The quantitative estimate of drug-likeness (QED) is 0.778. The van der Waals surface area contributed by atoms with Crippen molar-refractivity contribution in [2.45, 2.75) is 6.42 Å². The van der Waals surface area contributed by atoms with E-state index < -0.39 is 0 Å². The van der Waals surface area contributed by atoms with Crippen LogP contribution in [0.3, 0.4) is 0 Å². The molecule has 2 aromatic rings. The molecule has 0 heterocycles. The van der Waals surface area contributed by atoms with E-state index in [4.69, 9.17) is 14.2 Å². The summed E-state index contributed by atoms with van der Waals surface area (Å²) in [4.78, 5) is 12.1. The summed E-state index contributed by atoms with van der Waals surface area (Å²) in [6, 6.07) is 12.8. The van der Waals surface area contributed by atoms with Crippen LogP contribution >= 0.6 is 0 Å². The largest absolute Gasteiger partial charge is 0.497 e. The molecule has 0 saturated carbocycles. The van der Waals surface area contributed by atoms with Crippen LogP contribution in [0.1, 0.15) is 6.42 Å². The molecular weight excluding hydrogens is 308 g/mol. The fraction of sp³-hybridized carbons (Fsp3) is 0.278. The molecule has 128 valence electrons. The molecule has 0 unspecified atom stereocenters. The van der Waals surface area contributed by atoms with Crippen molar-refractivity contribution >= 4 is 17.3 Å². The van der Waals surface area contributed by atoms with Crippen molar-refractivity contribution in [3.63, 3.8) is 0 Å². The van der Waals surface area contributed by atoms with E-state index in [1.807, 2.05) is 24.3 Å². The minimum atomic E-state index is -0.0977. The minimum absolute atomic E-state index is 0.0977. The molecule has 6 nitrogen and oxygen atoms in total. The monoisotopic (exact) mass is 330 g/mol. The Hall–Kier alpha value is -2.89. The van der Waals surface area contributed by atoms with Gasteiger partial charge in [-0.3, -0.25) is 4.79 Å². The van der Waals surface area contributed by atoms with E-state index in [1.54, 1.807) is 39.5 Å². The highest BCUT2D eigenvalue weighted by Gasteiger charge is 2.08. The number of benzene rings is 2. The maximum Gasteiger partial charge on any atom is 0.226 e. The highest BCUT2D eigenvalue weighted by molar-refractivity contribution is 5.92. The minimum Gasteiger partial charge on any atom is -0.497 e. The van der Waals surface area contributed by atoms with Gasteiger partial charge in [-0.2, -0.15) is 0 Å². The van der Waals surface area contributed by atoms with Crippen molar-refractivity contribution in [1.82, 2.24) is 0 Å². The number of hydrogen-bond acceptors (Lipinski definition) is 5. The molecule has 2 N–H and O–H groups in total. The zero-order valence-electron chi connectivity index (χ0n) is 14.1. The van der Waals surface area contributed by atoms with Gasteiger partial charge in [0.25, 0.3) is 0 Å². The summed E-state index contributed by atoms with van der Waals surface area (Å²) in [5, 5.41) is 6.03. The summed E-state index contributed by atoms with van der Waals surface area (Å²) in [7, 11) is 4.76. The van der Waals surface area contributed by atoms with Crippen LogP contribution in [0.5, 0.6) is 17.2 Å². The molecule has 0 radical (unpaired) electrons. The molecule has 24 heavy (non-hydrogen) atoms. The molecule has 0 aliphatic rings. The third-order valence-corrected chi connectivity index (χ3v) is 3.46. The summed E-state index contributed by atoms with van der Waals surface area (Å²) in [5.41, 5.74) is 1.47. The molecule has 0 bridgehead atoms. The Kier molecular flexibility index (Phi) is 6.31. The number of para-hydroxylation sites is 2. The van der Waals surface area contributed by atoms with E-state index in [2.05, 4.69) is 10.6 Å². The predicted octanol–water partition coefficient (Wildman–Crippen LogP) is 3.15. The van der Waals surface area contributed by atoms with Crippen LogP contribution in [0.2, 0.25) is 0 Å². The van der Waals surface area contributed by atoms with Gasteiger partial charge in [0.15, 0.2) is 0 Å². The molecule has 0 spiro atoms. The first-order chi connectivity index (χ1) is 11.7. The van der Waals surface area contributed by atoms with Crippen molar-refractivity contribution in [2.75, 3.05) is 38.5 Å². The first kappa shape index (κ1) is 17.5. The van der Waals surface area contributed by atoms with Crippen LogP contribution in [0, 0.1) is 0 Å². The lowest BCUT2D eigenvalue weighted by Gasteiger charge is -2.13. The third-order valence-electron chi connectivity index (χ3n) is 3.46. The van der Waals surface area contributed by atoms with Crippen LogP contribution in [0.25, 0.3) is 0 Å². The van der Waals surface area contributed by atoms with Gasteiger partial charge in [-0.25, -0.2) is 0 Å². The Balaban J connectivity index is 1.89. The molecular formula is C18H22N2O4. The second-order valence-electron chi connectivity index (χ2n) is 4.99. The first-order valence-corrected chi connectivity index (χ1v) is 7.56. The molecule has 6 heteroatoms. The second kappa shape index (κ2) is 8.67. The van der Waals surface area contributed by atoms with Gasteiger partial charge in [0.05, 0.1) is 32.7 Å². The van der Waals surface area contributed by atoms with Crippen molar-refractivity contribution in [3.05, 3.63) is 42.5 Å². The topological polar surface area (TPSA) is 68.8 Å². The summed E-state index contributed by atoms with van der Waals surface area (Å²) in [5.74, 6) is 1.92. The normalized spacial score (nSPS) is 9.96. The Morgan fingerprint density at radius 3 is 2.38 bits per heavy atom. The summed E-state index contributed by atoms with van der Waals surface area (Å²) in [6.07, 6.45) is 0.313. The number of ether oxygens (including phenoxy) is 3. The Labute approximate surface area is 141 Å². The van der Waals surface area contributed by atoms with Crippen LogP contribution < -0.4 is 24.8 Å². The van der Waals surface area contributed by atoms with Gasteiger partial charge in [0.1, 0.15) is 17.2 Å². The van der Waals surface area contributed by atoms with Gasteiger partial charge < -0.3 is 24.8 Å². The van der Waals surface area contributed by atoms with Gasteiger partial charge in [-0.1, -0.05) is 12.1 Å². The number of rotatable bonds is 8. The van der Waals surface area contributed by atoms with E-state index in [0.29, 0.717) is 35.9 Å². The highest BCUT2D eigenvalue weighted by atomic mass is 16.5. The van der Waals surface area contributed by atoms with Crippen molar-refractivity contribution in [2.24, 2.45) is 0 Å². The molecule has 2 rings (SSSR count). The summed E-state index contributed by atoms with van der Waals surface area (Å²) in [6.45, 7) is 0.476. The van der Waals surface area contributed by atoms with Crippen LogP contribution in [0.15, 0.2) is 42.5 Å². The standard InChI is InChI=1S/C18H22N2O4/c1-22-13-8-9-14(17(12-13)24-3)19-11-10-18(21)20-15-6-4-5-7-16(15)23-2/h4-9,12,19H,10-11H2,1-3H3,(H,20,21). The van der Waals surface area contributed by atoms with E-state index in [0.717, 1.165) is 5.69 Å². The van der Waals surface area contributed by atoms with Gasteiger partial charge in [-0.15, -0.1) is 0 Å². The molecule has 0 atom stereocenters. The average Bonchev–Trinajstić information content (AvgIpc) is 2.62. The predicted molar refractivity (Wildman–Crippen MR) is 94.3 cm³/mol. The fourth-order valence-corrected chi connectivity index (χ4v) is 2.22. The maximum atomic E-state index is 12.1. The molecule has 2 aromatic carbocycles. The fourth-order valence-electron chi connectivity index (χ4n) is 2.22. The van der Waals surface area contributed by atoms with E-state index >= 15 is 0 Å². The van der Waals surface area contributed by atoms with Crippen LogP contribution in [-0.4, -0.2) is 33.8 Å². The number of anilines is 2. The van der Waals surface area contributed by atoms with Gasteiger partial charge in [0.2, 0.25) is 5.91 Å².